The first-order chi connectivity index (χ1) is 14.4. The van der Waals surface area contributed by atoms with Crippen LogP contribution in [-0.4, -0.2) is 34.7 Å². The fourth-order valence-electron chi connectivity index (χ4n) is 4.07. The number of hydrogen-bond donors (Lipinski definition) is 1. The van der Waals surface area contributed by atoms with Gasteiger partial charge in [0.1, 0.15) is 5.82 Å². The first-order valence-corrected chi connectivity index (χ1v) is 10.8. The van der Waals surface area contributed by atoms with Crippen molar-refractivity contribution in [2.24, 2.45) is 5.92 Å². The summed E-state index contributed by atoms with van der Waals surface area (Å²) < 4.78 is 0. The Balaban J connectivity index is 1.13. The fourth-order valence-corrected chi connectivity index (χ4v) is 4.07. The molecule has 4 nitrogen and oxygen atoms in total. The number of benzene rings is 2. The lowest BCUT2D eigenvalue weighted by molar-refractivity contribution is 0.171. The molecule has 0 unspecified atom stereocenters. The number of rotatable bonds is 8. The minimum atomic E-state index is 0.857. The van der Waals surface area contributed by atoms with Crippen LogP contribution in [0.1, 0.15) is 31.2 Å². The molecule has 2 heterocycles. The summed E-state index contributed by atoms with van der Waals surface area (Å²) in [7, 11) is 0. The zero-order chi connectivity index (χ0) is 19.7. The molecule has 29 heavy (non-hydrogen) atoms. The summed E-state index contributed by atoms with van der Waals surface area (Å²) in [6.45, 7) is 4.50. The highest BCUT2D eigenvalue weighted by atomic mass is 15.2. The number of aromatic nitrogens is 2. The van der Waals surface area contributed by atoms with Crippen molar-refractivity contribution < 1.29 is 0 Å². The first-order valence-electron chi connectivity index (χ1n) is 10.8. The standard InChI is InChI=1S/C25H30N4/c1-3-8-22(9-4-1)20-29-18-15-21(16-19-29)10-7-17-26-25-14-13-24(27-28-25)23-11-5-2-6-12-23/h1-6,8-9,11-14,21H,7,10,15-20H2,(H,26,28). The van der Waals surface area contributed by atoms with Crippen molar-refractivity contribution in [3.05, 3.63) is 78.4 Å². The molecule has 3 aromatic rings. The maximum Gasteiger partial charge on any atom is 0.148 e. The van der Waals surface area contributed by atoms with Crippen LogP contribution in [-0.2, 0) is 6.54 Å². The number of hydrogen-bond acceptors (Lipinski definition) is 4. The normalized spacial score (nSPS) is 15.3. The topological polar surface area (TPSA) is 41.0 Å². The highest BCUT2D eigenvalue weighted by Crippen LogP contribution is 2.23. The maximum atomic E-state index is 4.34. The van der Waals surface area contributed by atoms with Gasteiger partial charge in [-0.25, -0.2) is 0 Å². The van der Waals surface area contributed by atoms with E-state index < -0.39 is 0 Å². The molecular weight excluding hydrogens is 356 g/mol. The molecule has 2 aromatic carbocycles. The van der Waals surface area contributed by atoms with E-state index in [-0.39, 0.29) is 0 Å². The smallest absolute Gasteiger partial charge is 0.148 e. The van der Waals surface area contributed by atoms with Gasteiger partial charge in [0.25, 0.3) is 0 Å². The molecule has 0 radical (unpaired) electrons. The second-order valence-electron chi connectivity index (χ2n) is 7.94. The number of nitrogens with one attached hydrogen (secondary N) is 1. The zero-order valence-corrected chi connectivity index (χ0v) is 17.0. The molecule has 1 aromatic heterocycles. The maximum absolute atomic E-state index is 4.34. The molecule has 0 aliphatic carbocycles. The van der Waals surface area contributed by atoms with Gasteiger partial charge >= 0.3 is 0 Å². The van der Waals surface area contributed by atoms with E-state index in [1.54, 1.807) is 0 Å². The summed E-state index contributed by atoms with van der Waals surface area (Å²) in [6.07, 6.45) is 5.12. The Kier molecular flexibility index (Phi) is 6.87. The molecule has 1 saturated heterocycles. The van der Waals surface area contributed by atoms with Crippen molar-refractivity contribution in [1.29, 1.82) is 0 Å². The van der Waals surface area contributed by atoms with Gasteiger partial charge < -0.3 is 5.32 Å². The average Bonchev–Trinajstić information content (AvgIpc) is 2.79. The molecule has 0 atom stereocenters. The second-order valence-corrected chi connectivity index (χ2v) is 7.94. The molecule has 1 aliphatic heterocycles. The van der Waals surface area contributed by atoms with E-state index in [1.165, 1.54) is 44.3 Å². The third kappa shape index (κ3) is 5.88. The average molecular weight is 387 g/mol. The van der Waals surface area contributed by atoms with Crippen LogP contribution in [0.3, 0.4) is 0 Å². The van der Waals surface area contributed by atoms with Crippen LogP contribution in [0.15, 0.2) is 72.8 Å². The van der Waals surface area contributed by atoms with E-state index in [0.29, 0.717) is 0 Å². The Morgan fingerprint density at radius 1 is 0.828 bits per heavy atom. The van der Waals surface area contributed by atoms with E-state index in [4.69, 9.17) is 0 Å². The molecule has 0 saturated carbocycles. The monoisotopic (exact) mass is 386 g/mol. The lowest BCUT2D eigenvalue weighted by Gasteiger charge is -2.32. The minimum Gasteiger partial charge on any atom is -0.369 e. The third-order valence-electron chi connectivity index (χ3n) is 5.79. The van der Waals surface area contributed by atoms with Gasteiger partial charge in [-0.05, 0) is 62.4 Å². The molecule has 150 valence electrons. The number of anilines is 1. The number of piperidine rings is 1. The molecule has 4 rings (SSSR count). The third-order valence-corrected chi connectivity index (χ3v) is 5.79. The first kappa shape index (κ1) is 19.6. The van der Waals surface area contributed by atoms with E-state index in [9.17, 15) is 0 Å². The Morgan fingerprint density at radius 3 is 2.24 bits per heavy atom. The number of likely N-dealkylation sites (tertiary alicyclic amines) is 1. The molecule has 0 bridgehead atoms. The molecule has 1 aliphatic rings. The fraction of sp³-hybridized carbons (Fsp3) is 0.360. The van der Waals surface area contributed by atoms with E-state index in [0.717, 1.165) is 36.1 Å². The highest BCUT2D eigenvalue weighted by Gasteiger charge is 2.18. The van der Waals surface area contributed by atoms with Gasteiger partial charge in [-0.3, -0.25) is 4.90 Å². The molecule has 0 amide bonds. The van der Waals surface area contributed by atoms with Crippen LogP contribution in [0.4, 0.5) is 5.82 Å². The predicted molar refractivity (Wildman–Crippen MR) is 120 cm³/mol. The van der Waals surface area contributed by atoms with Gasteiger partial charge in [-0.1, -0.05) is 60.7 Å². The van der Waals surface area contributed by atoms with E-state index >= 15 is 0 Å². The van der Waals surface area contributed by atoms with Crippen LogP contribution in [0, 0.1) is 5.92 Å². The molecule has 1 fully saturated rings. The van der Waals surface area contributed by atoms with Crippen molar-refractivity contribution >= 4 is 5.82 Å². The van der Waals surface area contributed by atoms with Crippen molar-refractivity contribution in [3.8, 4) is 11.3 Å². The van der Waals surface area contributed by atoms with Crippen LogP contribution < -0.4 is 5.32 Å². The summed E-state index contributed by atoms with van der Waals surface area (Å²) in [6, 6.07) is 25.1. The molecule has 0 spiro atoms. The van der Waals surface area contributed by atoms with Crippen molar-refractivity contribution in [2.75, 3.05) is 25.0 Å². The quantitative estimate of drug-likeness (QED) is 0.537. The second kappa shape index (κ2) is 10.2. The van der Waals surface area contributed by atoms with Crippen molar-refractivity contribution in [1.82, 2.24) is 15.1 Å². The van der Waals surface area contributed by atoms with Gasteiger partial charge in [0.05, 0.1) is 5.69 Å². The number of nitrogens with zero attached hydrogens (tertiary/aromatic N) is 3. The summed E-state index contributed by atoms with van der Waals surface area (Å²) in [4.78, 5) is 2.59. The summed E-state index contributed by atoms with van der Waals surface area (Å²) in [5, 5.41) is 12.1. The lowest BCUT2D eigenvalue weighted by atomic mass is 9.92. The summed E-state index contributed by atoms with van der Waals surface area (Å²) in [5.74, 6) is 1.72. The largest absolute Gasteiger partial charge is 0.369 e. The van der Waals surface area contributed by atoms with Crippen molar-refractivity contribution in [2.45, 2.75) is 32.2 Å². The Hall–Kier alpha value is -2.72. The van der Waals surface area contributed by atoms with Gasteiger partial charge in [0.15, 0.2) is 0 Å². The minimum absolute atomic E-state index is 0.857. The lowest BCUT2D eigenvalue weighted by Crippen LogP contribution is -2.33. The van der Waals surface area contributed by atoms with Gasteiger partial charge in [0, 0.05) is 18.7 Å². The Labute approximate surface area is 174 Å². The SMILES string of the molecule is c1ccc(CN2CCC(CCCNc3ccc(-c4ccccc4)nn3)CC2)cc1. The van der Waals surface area contributed by atoms with E-state index in [1.807, 2.05) is 30.3 Å². The van der Waals surface area contributed by atoms with Crippen LogP contribution in [0.25, 0.3) is 11.3 Å². The summed E-state index contributed by atoms with van der Waals surface area (Å²) >= 11 is 0. The summed E-state index contributed by atoms with van der Waals surface area (Å²) in [5.41, 5.74) is 3.44. The van der Waals surface area contributed by atoms with Crippen LogP contribution >= 0.6 is 0 Å². The molecular formula is C25H30N4. The van der Waals surface area contributed by atoms with Gasteiger partial charge in [-0.15, -0.1) is 10.2 Å². The predicted octanol–water partition coefficient (Wildman–Crippen LogP) is 5.25. The molecule has 1 N–H and O–H groups in total. The Bertz CT molecular complexity index is 841. The van der Waals surface area contributed by atoms with Gasteiger partial charge in [-0.2, -0.15) is 0 Å². The Morgan fingerprint density at radius 2 is 1.55 bits per heavy atom. The van der Waals surface area contributed by atoms with Gasteiger partial charge in [0.2, 0.25) is 0 Å². The van der Waals surface area contributed by atoms with Crippen molar-refractivity contribution in [3.63, 3.8) is 0 Å². The zero-order valence-electron chi connectivity index (χ0n) is 17.0. The highest BCUT2D eigenvalue weighted by molar-refractivity contribution is 5.59. The molecule has 4 heteroatoms. The van der Waals surface area contributed by atoms with Crippen LogP contribution in [0.5, 0.6) is 0 Å². The van der Waals surface area contributed by atoms with E-state index in [2.05, 4.69) is 62.9 Å². The van der Waals surface area contributed by atoms with Crippen LogP contribution in [0.2, 0.25) is 0 Å².